The molecule has 0 atom stereocenters. The van der Waals surface area contributed by atoms with E-state index in [1.807, 2.05) is 0 Å². The lowest BCUT2D eigenvalue weighted by atomic mass is 10.0. The fourth-order valence-corrected chi connectivity index (χ4v) is 2.30. The maximum Gasteiger partial charge on any atom is 0.168 e. The highest BCUT2D eigenvalue weighted by atomic mass is 79.9. The zero-order valence-electron chi connectivity index (χ0n) is 11.1. The molecular formula is C15H19BrF2O. The summed E-state index contributed by atoms with van der Waals surface area (Å²) < 4.78 is 27.3. The highest BCUT2D eigenvalue weighted by Gasteiger charge is 2.18. The van der Waals surface area contributed by atoms with E-state index < -0.39 is 23.0 Å². The van der Waals surface area contributed by atoms with Crippen molar-refractivity contribution in [1.82, 2.24) is 0 Å². The quantitative estimate of drug-likeness (QED) is 0.341. The van der Waals surface area contributed by atoms with Crippen LogP contribution in [0.2, 0.25) is 0 Å². The molecule has 0 radical (unpaired) electrons. The number of hydrogen-bond donors (Lipinski definition) is 0. The van der Waals surface area contributed by atoms with E-state index in [1.54, 1.807) is 0 Å². The van der Waals surface area contributed by atoms with Gasteiger partial charge in [0.25, 0.3) is 0 Å². The second-order valence-corrected chi connectivity index (χ2v) is 5.51. The molecule has 0 saturated carbocycles. The number of carbonyl (C=O) groups is 1. The van der Waals surface area contributed by atoms with Crippen LogP contribution in [0.4, 0.5) is 8.78 Å². The van der Waals surface area contributed by atoms with E-state index in [2.05, 4.69) is 22.9 Å². The monoisotopic (exact) mass is 332 g/mol. The third-order valence-corrected chi connectivity index (χ3v) is 3.69. The molecule has 0 aliphatic heterocycles. The zero-order chi connectivity index (χ0) is 14.3. The molecule has 0 saturated heterocycles. The van der Waals surface area contributed by atoms with Gasteiger partial charge in [-0.05, 0) is 34.5 Å². The van der Waals surface area contributed by atoms with Crippen molar-refractivity contribution in [3.05, 3.63) is 33.8 Å². The molecule has 0 amide bonds. The van der Waals surface area contributed by atoms with Crippen molar-refractivity contribution >= 4 is 21.7 Å². The van der Waals surface area contributed by atoms with Gasteiger partial charge < -0.3 is 0 Å². The van der Waals surface area contributed by atoms with Gasteiger partial charge in [-0.1, -0.05) is 39.0 Å². The number of benzene rings is 1. The summed E-state index contributed by atoms with van der Waals surface area (Å²) in [5.74, 6) is -2.03. The Balaban J connectivity index is 2.48. The predicted octanol–water partition coefficient (Wildman–Crippen LogP) is 5.66. The first-order valence-corrected chi connectivity index (χ1v) is 7.54. The minimum atomic E-state index is -0.795. The van der Waals surface area contributed by atoms with Crippen molar-refractivity contribution < 1.29 is 13.6 Å². The molecule has 0 heterocycles. The summed E-state index contributed by atoms with van der Waals surface area (Å²) in [4.78, 5) is 11.8. The molecule has 1 aromatic rings. The molecule has 0 aromatic heterocycles. The standard InChI is InChI=1S/C15H19BrF2O/c1-2-3-4-5-6-7-8-13(19)14-12(17)10-9-11(16)15(14)18/h9-10H,2-8H2,1H3. The third kappa shape index (κ3) is 5.01. The minimum absolute atomic E-state index is 0.125. The Kier molecular flexibility index (Phi) is 7.21. The summed E-state index contributed by atoms with van der Waals surface area (Å²) in [5, 5.41) is 0. The first kappa shape index (κ1) is 16.3. The number of unbranched alkanes of at least 4 members (excludes halogenated alkanes) is 5. The Morgan fingerprint density at radius 2 is 1.74 bits per heavy atom. The molecule has 1 aromatic carbocycles. The predicted molar refractivity (Wildman–Crippen MR) is 76.4 cm³/mol. The van der Waals surface area contributed by atoms with Gasteiger partial charge in [0.05, 0.1) is 10.0 Å². The largest absolute Gasteiger partial charge is 0.294 e. The molecule has 0 fully saturated rings. The molecule has 0 aliphatic rings. The molecule has 1 rings (SSSR count). The van der Waals surface area contributed by atoms with Crippen LogP contribution in [0.5, 0.6) is 0 Å². The average molecular weight is 333 g/mol. The zero-order valence-corrected chi connectivity index (χ0v) is 12.7. The van der Waals surface area contributed by atoms with Crippen LogP contribution in [-0.2, 0) is 0 Å². The number of ketones is 1. The third-order valence-electron chi connectivity index (χ3n) is 3.08. The number of rotatable bonds is 8. The van der Waals surface area contributed by atoms with Gasteiger partial charge in [-0.2, -0.15) is 0 Å². The summed E-state index contributed by atoms with van der Waals surface area (Å²) in [7, 11) is 0. The van der Waals surface area contributed by atoms with Gasteiger partial charge in [0.2, 0.25) is 0 Å². The van der Waals surface area contributed by atoms with E-state index in [1.165, 1.54) is 18.9 Å². The SMILES string of the molecule is CCCCCCCCC(=O)c1c(F)ccc(Br)c1F. The lowest BCUT2D eigenvalue weighted by molar-refractivity contribution is 0.0970. The van der Waals surface area contributed by atoms with Crippen LogP contribution >= 0.6 is 15.9 Å². The van der Waals surface area contributed by atoms with Crippen LogP contribution in [0.25, 0.3) is 0 Å². The lowest BCUT2D eigenvalue weighted by Gasteiger charge is -2.05. The van der Waals surface area contributed by atoms with E-state index >= 15 is 0 Å². The number of hydrogen-bond acceptors (Lipinski definition) is 1. The first-order valence-electron chi connectivity index (χ1n) is 6.74. The summed E-state index contributed by atoms with van der Waals surface area (Å²) in [5.41, 5.74) is -0.414. The van der Waals surface area contributed by atoms with Crippen molar-refractivity contribution in [2.75, 3.05) is 0 Å². The molecular weight excluding hydrogens is 314 g/mol. The van der Waals surface area contributed by atoms with Crippen molar-refractivity contribution in [2.24, 2.45) is 0 Å². The molecule has 19 heavy (non-hydrogen) atoms. The van der Waals surface area contributed by atoms with Crippen LogP contribution in [-0.4, -0.2) is 5.78 Å². The summed E-state index contributed by atoms with van der Waals surface area (Å²) in [6.45, 7) is 2.14. The second kappa shape index (κ2) is 8.41. The van der Waals surface area contributed by atoms with Crippen LogP contribution in [0, 0.1) is 11.6 Å². The minimum Gasteiger partial charge on any atom is -0.294 e. The molecule has 106 valence electrons. The van der Waals surface area contributed by atoms with Gasteiger partial charge >= 0.3 is 0 Å². The Hall–Kier alpha value is -0.770. The van der Waals surface area contributed by atoms with Crippen molar-refractivity contribution in [3.8, 4) is 0 Å². The number of carbonyl (C=O) groups excluding carboxylic acids is 1. The maximum absolute atomic E-state index is 13.7. The Labute approximate surface area is 121 Å². The highest BCUT2D eigenvalue weighted by Crippen LogP contribution is 2.23. The Bertz CT molecular complexity index is 432. The van der Waals surface area contributed by atoms with Gasteiger partial charge in [0.1, 0.15) is 5.82 Å². The van der Waals surface area contributed by atoms with Crippen molar-refractivity contribution in [3.63, 3.8) is 0 Å². The molecule has 0 spiro atoms. The fourth-order valence-electron chi connectivity index (χ4n) is 1.97. The van der Waals surface area contributed by atoms with Crippen molar-refractivity contribution in [1.29, 1.82) is 0 Å². The smallest absolute Gasteiger partial charge is 0.168 e. The van der Waals surface area contributed by atoms with Gasteiger partial charge in [0.15, 0.2) is 11.6 Å². The number of halogens is 3. The molecule has 1 nitrogen and oxygen atoms in total. The fraction of sp³-hybridized carbons (Fsp3) is 0.533. The lowest BCUT2D eigenvalue weighted by Crippen LogP contribution is -2.06. The van der Waals surface area contributed by atoms with E-state index in [0.29, 0.717) is 6.42 Å². The molecule has 4 heteroatoms. The van der Waals surface area contributed by atoms with Crippen LogP contribution in [0.15, 0.2) is 16.6 Å². The second-order valence-electron chi connectivity index (χ2n) is 4.66. The van der Waals surface area contributed by atoms with E-state index in [4.69, 9.17) is 0 Å². The first-order chi connectivity index (χ1) is 9.07. The van der Waals surface area contributed by atoms with E-state index in [0.717, 1.165) is 25.3 Å². The molecule has 0 bridgehead atoms. The van der Waals surface area contributed by atoms with E-state index in [9.17, 15) is 13.6 Å². The topological polar surface area (TPSA) is 17.1 Å². The van der Waals surface area contributed by atoms with Crippen LogP contribution in [0.1, 0.15) is 62.2 Å². The van der Waals surface area contributed by atoms with Gasteiger partial charge in [-0.25, -0.2) is 8.78 Å². The van der Waals surface area contributed by atoms with Gasteiger partial charge in [0, 0.05) is 6.42 Å². The molecule has 0 aliphatic carbocycles. The van der Waals surface area contributed by atoms with E-state index in [-0.39, 0.29) is 10.9 Å². The highest BCUT2D eigenvalue weighted by molar-refractivity contribution is 9.10. The Morgan fingerprint density at radius 1 is 1.11 bits per heavy atom. The Morgan fingerprint density at radius 3 is 2.42 bits per heavy atom. The van der Waals surface area contributed by atoms with Crippen LogP contribution in [0.3, 0.4) is 0 Å². The molecule has 0 N–H and O–H groups in total. The van der Waals surface area contributed by atoms with Gasteiger partial charge in [-0.15, -0.1) is 0 Å². The number of Topliss-reactive ketones (excluding diaryl/α,β-unsaturated/α-hetero) is 1. The summed E-state index contributed by atoms with van der Waals surface area (Å²) in [6, 6.07) is 2.38. The average Bonchev–Trinajstić information content (AvgIpc) is 2.38. The summed E-state index contributed by atoms with van der Waals surface area (Å²) in [6.07, 6.45) is 6.43. The summed E-state index contributed by atoms with van der Waals surface area (Å²) >= 11 is 2.96. The van der Waals surface area contributed by atoms with Crippen molar-refractivity contribution in [2.45, 2.75) is 51.9 Å². The van der Waals surface area contributed by atoms with Crippen LogP contribution < -0.4 is 0 Å². The van der Waals surface area contributed by atoms with Gasteiger partial charge in [-0.3, -0.25) is 4.79 Å². The molecule has 0 unspecified atom stereocenters. The normalized spacial score (nSPS) is 10.7. The maximum atomic E-state index is 13.7.